The number of urea groups is 1. The van der Waals surface area contributed by atoms with Crippen molar-refractivity contribution in [3.63, 3.8) is 0 Å². The van der Waals surface area contributed by atoms with Gasteiger partial charge >= 0.3 is 6.03 Å². The van der Waals surface area contributed by atoms with Crippen molar-refractivity contribution in [2.45, 2.75) is 13.2 Å². The van der Waals surface area contributed by atoms with Crippen LogP contribution < -0.4 is 0 Å². The Morgan fingerprint density at radius 1 is 1.83 bits per heavy atom. The molecular weight excluding hydrogens is 163 g/mol. The van der Waals surface area contributed by atoms with E-state index in [0.29, 0.717) is 0 Å². The minimum absolute atomic E-state index is 0.593. The Morgan fingerprint density at radius 2 is 2.58 bits per heavy atom. The number of amides is 2. The van der Waals surface area contributed by atoms with Crippen molar-refractivity contribution >= 4 is 12.2 Å². The van der Waals surface area contributed by atoms with Crippen LogP contribution in [0.1, 0.15) is 6.92 Å². The molecule has 1 heterocycles. The van der Waals surface area contributed by atoms with Gasteiger partial charge in [0.2, 0.25) is 6.30 Å². The number of carbonyl (C=O) groups excluding carboxylic acids is 1. The van der Waals surface area contributed by atoms with E-state index >= 15 is 0 Å². The summed E-state index contributed by atoms with van der Waals surface area (Å²) in [5.74, 6) is 0. The largest absolute Gasteiger partial charge is 0.369 e. The van der Waals surface area contributed by atoms with Gasteiger partial charge in [0, 0.05) is 12.4 Å². The van der Waals surface area contributed by atoms with Gasteiger partial charge in [-0.3, -0.25) is 0 Å². The van der Waals surface area contributed by atoms with Crippen molar-refractivity contribution in [3.05, 3.63) is 12.3 Å². The molecule has 1 aliphatic rings. The van der Waals surface area contributed by atoms with Crippen molar-refractivity contribution in [1.29, 1.82) is 0 Å². The van der Waals surface area contributed by atoms with Crippen LogP contribution >= 0.6 is 0 Å². The maximum absolute atomic E-state index is 12.3. The van der Waals surface area contributed by atoms with Crippen LogP contribution in [0, 0.1) is 0 Å². The van der Waals surface area contributed by atoms with Crippen LogP contribution in [-0.4, -0.2) is 23.6 Å². The maximum atomic E-state index is 12.3. The first kappa shape index (κ1) is 8.51. The van der Waals surface area contributed by atoms with Crippen LogP contribution in [0.4, 0.5) is 9.18 Å². The van der Waals surface area contributed by atoms with Crippen LogP contribution in [0.5, 0.6) is 0 Å². The number of alkyl halides is 1. The molecule has 0 bridgehead atoms. The van der Waals surface area contributed by atoms with E-state index < -0.39 is 12.3 Å². The lowest BCUT2D eigenvalue weighted by Gasteiger charge is -2.10. The third-order valence-electron chi connectivity index (χ3n) is 1.08. The first-order valence-electron chi connectivity index (χ1n) is 3.29. The van der Waals surface area contributed by atoms with Crippen LogP contribution in [0.15, 0.2) is 27.6 Å². The zero-order valence-corrected chi connectivity index (χ0v) is 6.38. The van der Waals surface area contributed by atoms with E-state index in [1.165, 1.54) is 12.4 Å². The molecule has 0 saturated carbocycles. The third kappa shape index (κ3) is 1.94. The molecule has 0 radical (unpaired) electrons. The molecule has 0 fully saturated rings. The Kier molecular flexibility index (Phi) is 2.62. The molecule has 1 rings (SSSR count). The highest BCUT2D eigenvalue weighted by molar-refractivity contribution is 5.83. The van der Waals surface area contributed by atoms with Gasteiger partial charge in [0.15, 0.2) is 0 Å². The van der Waals surface area contributed by atoms with E-state index in [9.17, 15) is 9.18 Å². The molecule has 0 N–H and O–H groups in total. The zero-order valence-electron chi connectivity index (χ0n) is 6.38. The third-order valence-corrected chi connectivity index (χ3v) is 1.08. The standard InChI is InChI=1S/C6H7FN4O/c1-2-8-6(12)11-4-3-5(7)9-10-11/h2-5H,1H3. The summed E-state index contributed by atoms with van der Waals surface area (Å²) in [5, 5.41) is 7.24. The quantitative estimate of drug-likeness (QED) is 0.403. The molecular formula is C6H7FN4O. The lowest BCUT2D eigenvalue weighted by Crippen LogP contribution is -2.18. The second-order valence-electron chi connectivity index (χ2n) is 1.93. The van der Waals surface area contributed by atoms with Crippen molar-refractivity contribution in [2.75, 3.05) is 0 Å². The molecule has 0 aromatic heterocycles. The van der Waals surface area contributed by atoms with Gasteiger partial charge in [-0.05, 0) is 13.0 Å². The molecule has 0 aliphatic carbocycles. The van der Waals surface area contributed by atoms with Gasteiger partial charge in [-0.1, -0.05) is 5.22 Å². The Bertz CT molecular complexity index is 246. The normalized spacial score (nSPS) is 22.2. The number of hydrogen-bond donors (Lipinski definition) is 0. The van der Waals surface area contributed by atoms with E-state index in [1.807, 2.05) is 0 Å². The van der Waals surface area contributed by atoms with Crippen LogP contribution in [0.25, 0.3) is 0 Å². The molecule has 2 amide bonds. The molecule has 0 aromatic rings. The predicted molar refractivity (Wildman–Crippen MR) is 40.3 cm³/mol. The summed E-state index contributed by atoms with van der Waals surface area (Å²) in [6.45, 7) is 1.60. The van der Waals surface area contributed by atoms with Crippen molar-refractivity contribution in [2.24, 2.45) is 15.3 Å². The predicted octanol–water partition coefficient (Wildman–Crippen LogP) is 1.69. The SMILES string of the molecule is CC=NC(=O)N1C=CC(F)N=N1. The molecule has 6 heteroatoms. The van der Waals surface area contributed by atoms with Crippen molar-refractivity contribution in [1.82, 2.24) is 5.01 Å². The average Bonchev–Trinajstić information content (AvgIpc) is 2.06. The minimum Gasteiger partial charge on any atom is -0.244 e. The Hall–Kier alpha value is -1.59. The van der Waals surface area contributed by atoms with Crippen LogP contribution in [0.2, 0.25) is 0 Å². The first-order chi connectivity index (χ1) is 5.74. The number of hydrogen-bond acceptors (Lipinski definition) is 3. The average molecular weight is 170 g/mol. The summed E-state index contributed by atoms with van der Waals surface area (Å²) in [7, 11) is 0. The molecule has 1 aliphatic heterocycles. The van der Waals surface area contributed by atoms with E-state index in [4.69, 9.17) is 0 Å². The number of carbonyl (C=O) groups is 1. The van der Waals surface area contributed by atoms with E-state index in [1.54, 1.807) is 6.92 Å². The smallest absolute Gasteiger partial charge is 0.244 e. The molecule has 0 saturated heterocycles. The lowest BCUT2D eigenvalue weighted by molar-refractivity contribution is 0.217. The highest BCUT2D eigenvalue weighted by Gasteiger charge is 2.12. The molecule has 12 heavy (non-hydrogen) atoms. The first-order valence-corrected chi connectivity index (χ1v) is 3.29. The summed E-state index contributed by atoms with van der Waals surface area (Å²) in [6.07, 6.45) is 2.16. The van der Waals surface area contributed by atoms with Crippen molar-refractivity contribution in [3.8, 4) is 0 Å². The number of halogens is 1. The summed E-state index contributed by atoms with van der Waals surface area (Å²) in [4.78, 5) is 14.3. The number of aliphatic imine (C=N–C) groups is 1. The molecule has 0 spiro atoms. The molecule has 1 unspecified atom stereocenters. The lowest BCUT2D eigenvalue weighted by atomic mass is 10.5. The highest BCUT2D eigenvalue weighted by atomic mass is 19.1. The fourth-order valence-electron chi connectivity index (χ4n) is 0.597. The second kappa shape index (κ2) is 3.70. The van der Waals surface area contributed by atoms with Gasteiger partial charge in [-0.15, -0.1) is 5.11 Å². The second-order valence-corrected chi connectivity index (χ2v) is 1.93. The summed E-state index contributed by atoms with van der Waals surface area (Å²) < 4.78 is 12.3. The Balaban J connectivity index is 2.61. The summed E-state index contributed by atoms with van der Waals surface area (Å²) in [5.41, 5.74) is 0. The van der Waals surface area contributed by atoms with Gasteiger partial charge in [0.25, 0.3) is 0 Å². The number of rotatable bonds is 0. The summed E-state index contributed by atoms with van der Waals surface area (Å²) in [6, 6.07) is -0.593. The van der Waals surface area contributed by atoms with E-state index in [-0.39, 0.29) is 0 Å². The molecule has 5 nitrogen and oxygen atoms in total. The Morgan fingerprint density at radius 3 is 3.08 bits per heavy atom. The van der Waals surface area contributed by atoms with Gasteiger partial charge in [0.1, 0.15) is 0 Å². The number of nitrogens with zero attached hydrogens (tertiary/aromatic N) is 4. The van der Waals surface area contributed by atoms with E-state index in [0.717, 1.165) is 11.1 Å². The highest BCUT2D eigenvalue weighted by Crippen LogP contribution is 2.08. The van der Waals surface area contributed by atoms with Crippen molar-refractivity contribution < 1.29 is 9.18 Å². The van der Waals surface area contributed by atoms with Gasteiger partial charge in [-0.25, -0.2) is 14.2 Å². The van der Waals surface area contributed by atoms with Gasteiger partial charge in [-0.2, -0.15) is 5.01 Å². The topological polar surface area (TPSA) is 57.4 Å². The Labute approximate surface area is 68.3 Å². The van der Waals surface area contributed by atoms with Crippen LogP contribution in [0.3, 0.4) is 0 Å². The molecule has 0 aromatic carbocycles. The zero-order chi connectivity index (χ0) is 8.97. The fourth-order valence-corrected chi connectivity index (χ4v) is 0.597. The van der Waals surface area contributed by atoms with Gasteiger partial charge < -0.3 is 0 Å². The monoisotopic (exact) mass is 170 g/mol. The summed E-state index contributed by atoms with van der Waals surface area (Å²) >= 11 is 0. The minimum atomic E-state index is -1.46. The van der Waals surface area contributed by atoms with Crippen LogP contribution in [-0.2, 0) is 0 Å². The molecule has 1 atom stereocenters. The van der Waals surface area contributed by atoms with E-state index in [2.05, 4.69) is 15.3 Å². The van der Waals surface area contributed by atoms with Gasteiger partial charge in [0.05, 0.1) is 0 Å². The fraction of sp³-hybridized carbons (Fsp3) is 0.333. The maximum Gasteiger partial charge on any atom is 0.369 e. The molecule has 64 valence electrons.